The second-order valence-corrected chi connectivity index (χ2v) is 4.34. The maximum absolute atomic E-state index is 5.51. The molecule has 2 atom stereocenters. The molecule has 2 nitrogen and oxygen atoms in total. The monoisotopic (exact) mass is 239 g/mol. The van der Waals surface area contributed by atoms with Crippen LogP contribution >= 0.6 is 0 Å². The third-order valence-corrected chi connectivity index (χ3v) is 2.84. The molecule has 0 aliphatic rings. The zero-order valence-corrected chi connectivity index (χ0v) is 10.5. The molecule has 0 saturated carbocycles. The number of hydrogen-bond acceptors (Lipinski definition) is 2. The van der Waals surface area contributed by atoms with Gasteiger partial charge in [0.25, 0.3) is 0 Å². The molecule has 1 aromatic carbocycles. The molecule has 0 radical (unpaired) electrons. The van der Waals surface area contributed by atoms with Crippen LogP contribution in [0.15, 0.2) is 53.1 Å². The first-order valence-electron chi connectivity index (χ1n) is 6.09. The van der Waals surface area contributed by atoms with E-state index in [1.54, 1.807) is 6.26 Å². The van der Waals surface area contributed by atoms with Gasteiger partial charge in [-0.15, -0.1) is 12.3 Å². The van der Waals surface area contributed by atoms with Crippen molar-refractivity contribution < 1.29 is 4.42 Å². The molecule has 2 rings (SSSR count). The molecule has 0 spiro atoms. The number of terminal acetylenes is 1. The standard InChI is InChI=1S/C16H17NO/c1-3-8-13(2)17-16(15-11-7-12-18-15)14-9-5-4-6-10-14/h1,4-7,9-13,16-17H,8H2,2H3. The summed E-state index contributed by atoms with van der Waals surface area (Å²) in [4.78, 5) is 0. The van der Waals surface area contributed by atoms with Crippen molar-refractivity contribution in [3.05, 3.63) is 60.1 Å². The first-order chi connectivity index (χ1) is 8.81. The minimum atomic E-state index is 0.0459. The van der Waals surface area contributed by atoms with Gasteiger partial charge >= 0.3 is 0 Å². The maximum Gasteiger partial charge on any atom is 0.125 e. The Kier molecular flexibility index (Phi) is 4.22. The minimum absolute atomic E-state index is 0.0459. The van der Waals surface area contributed by atoms with Crippen LogP contribution in [0.1, 0.15) is 30.7 Å². The van der Waals surface area contributed by atoms with Crippen LogP contribution in [0.4, 0.5) is 0 Å². The fraction of sp³-hybridized carbons (Fsp3) is 0.250. The Hall–Kier alpha value is -1.98. The van der Waals surface area contributed by atoms with Gasteiger partial charge < -0.3 is 9.73 Å². The van der Waals surface area contributed by atoms with Gasteiger partial charge in [0.15, 0.2) is 0 Å². The van der Waals surface area contributed by atoms with Crippen LogP contribution in [0.3, 0.4) is 0 Å². The summed E-state index contributed by atoms with van der Waals surface area (Å²) in [7, 11) is 0. The van der Waals surface area contributed by atoms with Gasteiger partial charge in [0, 0.05) is 12.5 Å². The zero-order chi connectivity index (χ0) is 12.8. The van der Waals surface area contributed by atoms with Gasteiger partial charge in [-0.05, 0) is 24.6 Å². The van der Waals surface area contributed by atoms with E-state index < -0.39 is 0 Å². The smallest absolute Gasteiger partial charge is 0.125 e. The number of benzene rings is 1. The van der Waals surface area contributed by atoms with Gasteiger partial charge in [-0.25, -0.2) is 0 Å². The third-order valence-electron chi connectivity index (χ3n) is 2.84. The molecular formula is C16H17NO. The van der Waals surface area contributed by atoms with Crippen LogP contribution < -0.4 is 5.32 Å². The summed E-state index contributed by atoms with van der Waals surface area (Å²) >= 11 is 0. The van der Waals surface area contributed by atoms with Gasteiger partial charge in [0.2, 0.25) is 0 Å². The average Bonchev–Trinajstić information content (AvgIpc) is 2.91. The lowest BCUT2D eigenvalue weighted by molar-refractivity contribution is 0.417. The van der Waals surface area contributed by atoms with Crippen molar-refractivity contribution in [1.29, 1.82) is 0 Å². The molecular weight excluding hydrogens is 222 g/mol. The molecule has 1 heterocycles. The third kappa shape index (κ3) is 3.03. The molecule has 0 aliphatic carbocycles. The molecule has 92 valence electrons. The van der Waals surface area contributed by atoms with Crippen LogP contribution in [0.5, 0.6) is 0 Å². The Morgan fingerprint density at radius 3 is 2.61 bits per heavy atom. The number of furan rings is 1. The number of nitrogens with one attached hydrogen (secondary N) is 1. The topological polar surface area (TPSA) is 25.2 Å². The summed E-state index contributed by atoms with van der Waals surface area (Å²) in [6.07, 6.45) is 7.74. The fourth-order valence-electron chi connectivity index (χ4n) is 1.96. The zero-order valence-electron chi connectivity index (χ0n) is 10.5. The lowest BCUT2D eigenvalue weighted by Crippen LogP contribution is -2.30. The van der Waals surface area contributed by atoms with Crippen LogP contribution in [0.2, 0.25) is 0 Å². The van der Waals surface area contributed by atoms with E-state index >= 15 is 0 Å². The minimum Gasteiger partial charge on any atom is -0.467 e. The van der Waals surface area contributed by atoms with E-state index in [0.717, 1.165) is 5.76 Å². The van der Waals surface area contributed by atoms with Gasteiger partial charge in [-0.3, -0.25) is 0 Å². The molecule has 2 unspecified atom stereocenters. The summed E-state index contributed by atoms with van der Waals surface area (Å²) in [5, 5.41) is 3.50. The Morgan fingerprint density at radius 2 is 2.00 bits per heavy atom. The highest BCUT2D eigenvalue weighted by Crippen LogP contribution is 2.23. The van der Waals surface area contributed by atoms with Crippen molar-refractivity contribution in [2.24, 2.45) is 0 Å². The van der Waals surface area contributed by atoms with Crippen molar-refractivity contribution in [3.63, 3.8) is 0 Å². The highest BCUT2D eigenvalue weighted by atomic mass is 16.3. The first-order valence-corrected chi connectivity index (χ1v) is 6.09. The lowest BCUT2D eigenvalue weighted by atomic mass is 10.0. The highest BCUT2D eigenvalue weighted by molar-refractivity contribution is 5.26. The quantitative estimate of drug-likeness (QED) is 0.809. The lowest BCUT2D eigenvalue weighted by Gasteiger charge is -2.21. The molecule has 2 heteroatoms. The van der Waals surface area contributed by atoms with Crippen LogP contribution in [0.25, 0.3) is 0 Å². The predicted octanol–water partition coefficient (Wildman–Crippen LogP) is 3.37. The summed E-state index contributed by atoms with van der Waals surface area (Å²) in [6.45, 7) is 2.08. The number of hydrogen-bond donors (Lipinski definition) is 1. The Balaban J connectivity index is 2.22. The molecule has 1 N–H and O–H groups in total. The van der Waals surface area contributed by atoms with Crippen molar-refractivity contribution >= 4 is 0 Å². The molecule has 0 bridgehead atoms. The Labute approximate surface area is 108 Å². The van der Waals surface area contributed by atoms with Crippen LogP contribution in [0, 0.1) is 12.3 Å². The molecule has 1 aromatic heterocycles. The highest BCUT2D eigenvalue weighted by Gasteiger charge is 2.18. The van der Waals surface area contributed by atoms with Crippen LogP contribution in [-0.4, -0.2) is 6.04 Å². The second kappa shape index (κ2) is 6.09. The van der Waals surface area contributed by atoms with Crippen molar-refractivity contribution in [3.8, 4) is 12.3 Å². The molecule has 0 fully saturated rings. The summed E-state index contributed by atoms with van der Waals surface area (Å²) in [5.41, 5.74) is 1.18. The van der Waals surface area contributed by atoms with Crippen molar-refractivity contribution in [2.75, 3.05) is 0 Å². The average molecular weight is 239 g/mol. The summed E-state index contributed by atoms with van der Waals surface area (Å²) in [6, 6.07) is 14.4. The summed E-state index contributed by atoms with van der Waals surface area (Å²) in [5.74, 6) is 3.58. The van der Waals surface area contributed by atoms with Crippen molar-refractivity contribution in [2.45, 2.75) is 25.4 Å². The summed E-state index contributed by atoms with van der Waals surface area (Å²) < 4.78 is 5.51. The van der Waals surface area contributed by atoms with Gasteiger partial charge in [0.1, 0.15) is 5.76 Å². The van der Waals surface area contributed by atoms with Gasteiger partial charge in [-0.1, -0.05) is 30.3 Å². The molecule has 0 amide bonds. The van der Waals surface area contributed by atoms with E-state index in [9.17, 15) is 0 Å². The molecule has 0 aliphatic heterocycles. The van der Waals surface area contributed by atoms with Gasteiger partial charge in [-0.2, -0.15) is 0 Å². The second-order valence-electron chi connectivity index (χ2n) is 4.34. The van der Waals surface area contributed by atoms with E-state index in [0.29, 0.717) is 6.42 Å². The Bertz CT molecular complexity index is 496. The number of rotatable bonds is 5. The molecule has 2 aromatic rings. The van der Waals surface area contributed by atoms with E-state index in [2.05, 4.69) is 30.3 Å². The Morgan fingerprint density at radius 1 is 1.22 bits per heavy atom. The van der Waals surface area contributed by atoms with E-state index in [1.807, 2.05) is 30.3 Å². The van der Waals surface area contributed by atoms with Crippen LogP contribution in [-0.2, 0) is 0 Å². The SMILES string of the molecule is C#CCC(C)NC(c1ccccc1)c1ccco1. The van der Waals surface area contributed by atoms with Gasteiger partial charge in [0.05, 0.1) is 12.3 Å². The van der Waals surface area contributed by atoms with E-state index in [1.165, 1.54) is 5.56 Å². The fourth-order valence-corrected chi connectivity index (χ4v) is 1.96. The predicted molar refractivity (Wildman–Crippen MR) is 73.0 cm³/mol. The maximum atomic E-state index is 5.51. The van der Waals surface area contributed by atoms with E-state index in [-0.39, 0.29) is 12.1 Å². The first kappa shape index (κ1) is 12.5. The molecule has 0 saturated heterocycles. The largest absolute Gasteiger partial charge is 0.467 e. The molecule has 18 heavy (non-hydrogen) atoms. The van der Waals surface area contributed by atoms with Crippen molar-refractivity contribution in [1.82, 2.24) is 5.32 Å². The normalized spacial score (nSPS) is 13.8. The van der Waals surface area contributed by atoms with E-state index in [4.69, 9.17) is 10.8 Å².